The number of hydrogen-bond acceptors (Lipinski definition) is 2. The van der Waals surface area contributed by atoms with Gasteiger partial charge in [-0.1, -0.05) is 97.6 Å². The zero-order valence-corrected chi connectivity index (χ0v) is 17.6. The molecule has 0 amide bonds. The predicted octanol–water partition coefficient (Wildman–Crippen LogP) is 5.49. The molecule has 0 radical (unpaired) electrons. The van der Waals surface area contributed by atoms with Gasteiger partial charge in [-0.3, -0.25) is 0 Å². The Hall–Kier alpha value is -2.40. The fourth-order valence-electron chi connectivity index (χ4n) is 3.91. The molecule has 0 bridgehead atoms. The van der Waals surface area contributed by atoms with E-state index in [0.717, 1.165) is 16.5 Å². The Morgan fingerprint density at radius 2 is 1.21 bits per heavy atom. The normalized spacial score (nSPS) is 19.8. The van der Waals surface area contributed by atoms with E-state index in [9.17, 15) is 9.13 Å². The van der Waals surface area contributed by atoms with Crippen LogP contribution in [0.2, 0.25) is 0 Å². The molecule has 28 heavy (non-hydrogen) atoms. The lowest BCUT2D eigenvalue weighted by Crippen LogP contribution is -2.19. The third kappa shape index (κ3) is 2.89. The molecule has 0 aliphatic carbocycles. The van der Waals surface area contributed by atoms with Gasteiger partial charge in [0.2, 0.25) is 0 Å². The zero-order chi connectivity index (χ0) is 19.8. The average Bonchev–Trinajstić information content (AvgIpc) is 2.99. The summed E-state index contributed by atoms with van der Waals surface area (Å²) in [5.41, 5.74) is 1.64. The lowest BCUT2D eigenvalue weighted by molar-refractivity contribution is 0.584. The molecule has 4 heteroatoms. The molecule has 1 aliphatic heterocycles. The quantitative estimate of drug-likeness (QED) is 0.539. The van der Waals surface area contributed by atoms with Crippen molar-refractivity contribution in [3.63, 3.8) is 0 Å². The summed E-state index contributed by atoms with van der Waals surface area (Å²) in [6.45, 7) is 6.07. The molecule has 0 saturated carbocycles. The Bertz CT molecular complexity index is 1100. The first kappa shape index (κ1) is 18.9. The fourth-order valence-corrected chi connectivity index (χ4v) is 12.3. The minimum absolute atomic E-state index is 0.349. The second-order valence-corrected chi connectivity index (χ2v) is 12.9. The summed E-state index contributed by atoms with van der Waals surface area (Å²) in [6, 6.07) is 28.3. The highest BCUT2D eigenvalue weighted by molar-refractivity contribution is 7.97. The first-order valence-electron chi connectivity index (χ1n) is 9.24. The van der Waals surface area contributed by atoms with Gasteiger partial charge in [0.15, 0.2) is 14.3 Å². The van der Waals surface area contributed by atoms with Gasteiger partial charge in [-0.15, -0.1) is 0 Å². The molecule has 140 valence electrons. The van der Waals surface area contributed by atoms with E-state index in [1.165, 1.54) is 0 Å². The van der Waals surface area contributed by atoms with Crippen LogP contribution in [0.15, 0.2) is 114 Å². The Morgan fingerprint density at radius 3 is 1.68 bits per heavy atom. The third-order valence-corrected chi connectivity index (χ3v) is 13.1. The molecule has 0 saturated heterocycles. The maximum absolute atomic E-state index is 14.9. The first-order chi connectivity index (χ1) is 13.5. The molecule has 0 fully saturated rings. The molecular formula is C24H22O2P2. The average molecular weight is 404 g/mol. The largest absolute Gasteiger partial charge is 0.313 e. The van der Waals surface area contributed by atoms with E-state index in [1.54, 1.807) is 0 Å². The van der Waals surface area contributed by atoms with E-state index >= 15 is 0 Å². The van der Waals surface area contributed by atoms with E-state index < -0.39 is 14.3 Å². The van der Waals surface area contributed by atoms with Gasteiger partial charge in [0.25, 0.3) is 0 Å². The third-order valence-electron chi connectivity index (χ3n) is 5.33. The van der Waals surface area contributed by atoms with E-state index in [2.05, 4.69) is 6.58 Å². The summed E-state index contributed by atoms with van der Waals surface area (Å²) < 4.78 is 29.4. The predicted molar refractivity (Wildman–Crippen MR) is 120 cm³/mol. The van der Waals surface area contributed by atoms with Gasteiger partial charge in [0.05, 0.1) is 5.06 Å². The van der Waals surface area contributed by atoms with Crippen molar-refractivity contribution in [2.45, 2.75) is 6.92 Å². The van der Waals surface area contributed by atoms with Crippen LogP contribution in [0.1, 0.15) is 6.92 Å². The van der Waals surface area contributed by atoms with Crippen LogP contribution in [0.4, 0.5) is 0 Å². The molecule has 1 unspecified atom stereocenters. The van der Waals surface area contributed by atoms with Crippen molar-refractivity contribution >= 4 is 30.2 Å². The first-order valence-corrected chi connectivity index (χ1v) is 12.8. The van der Waals surface area contributed by atoms with Crippen LogP contribution >= 0.6 is 14.3 Å². The molecule has 1 aliphatic rings. The fraction of sp³-hybridized carbons (Fsp3) is 0.0833. The molecule has 1 heterocycles. The monoisotopic (exact) mass is 404 g/mol. The topological polar surface area (TPSA) is 34.1 Å². The van der Waals surface area contributed by atoms with Gasteiger partial charge in [0.1, 0.15) is 0 Å². The van der Waals surface area contributed by atoms with E-state index in [0.29, 0.717) is 21.8 Å². The smallest absolute Gasteiger partial charge is 0.175 e. The Morgan fingerprint density at radius 1 is 0.786 bits per heavy atom. The summed E-state index contributed by atoms with van der Waals surface area (Å²) in [4.78, 5) is 0. The maximum atomic E-state index is 14.9. The Labute approximate surface area is 166 Å². The van der Waals surface area contributed by atoms with Crippen molar-refractivity contribution < 1.29 is 9.13 Å². The highest BCUT2D eigenvalue weighted by Crippen LogP contribution is 2.75. The standard InChI is InChI=1S/C24H22O2P2/c1-19-18-27(25,21-12-6-3-7-13-21)24(20(19)2)28(26,22-14-8-4-9-15-22)23-16-10-5-11-17-23/h3-17H,1,18H2,2H3. The molecule has 3 aromatic rings. The van der Waals surface area contributed by atoms with Crippen LogP contribution in [-0.2, 0) is 9.13 Å². The van der Waals surface area contributed by atoms with Gasteiger partial charge in [-0.05, 0) is 18.1 Å². The van der Waals surface area contributed by atoms with Gasteiger partial charge in [-0.2, -0.15) is 0 Å². The van der Waals surface area contributed by atoms with Crippen molar-refractivity contribution in [3.05, 3.63) is 114 Å². The Kier molecular flexibility index (Phi) is 4.88. The molecule has 2 nitrogen and oxygen atoms in total. The molecular weight excluding hydrogens is 382 g/mol. The van der Waals surface area contributed by atoms with Gasteiger partial charge in [-0.25, -0.2) is 0 Å². The van der Waals surface area contributed by atoms with Crippen LogP contribution in [0.25, 0.3) is 0 Å². The SMILES string of the molecule is C=C1CP(=O)(c2ccccc2)C(P(=O)(c2ccccc2)c2ccccc2)=C1C. The van der Waals surface area contributed by atoms with Gasteiger partial charge >= 0.3 is 0 Å². The van der Waals surface area contributed by atoms with E-state index in [-0.39, 0.29) is 0 Å². The summed E-state index contributed by atoms with van der Waals surface area (Å²) in [5, 5.41) is 2.74. The number of rotatable bonds is 4. The van der Waals surface area contributed by atoms with E-state index in [1.807, 2.05) is 97.9 Å². The number of benzene rings is 3. The molecule has 1 atom stereocenters. The minimum atomic E-state index is -3.30. The van der Waals surface area contributed by atoms with Crippen molar-refractivity contribution in [1.29, 1.82) is 0 Å². The van der Waals surface area contributed by atoms with Gasteiger partial charge < -0.3 is 9.13 Å². The lowest BCUT2D eigenvalue weighted by Gasteiger charge is -2.26. The van der Waals surface area contributed by atoms with Crippen molar-refractivity contribution in [2.24, 2.45) is 0 Å². The van der Waals surface area contributed by atoms with Crippen molar-refractivity contribution in [2.75, 3.05) is 6.16 Å². The molecule has 0 spiro atoms. The van der Waals surface area contributed by atoms with Crippen molar-refractivity contribution in [1.82, 2.24) is 0 Å². The zero-order valence-electron chi connectivity index (χ0n) is 15.8. The second kappa shape index (κ2) is 7.21. The number of allylic oxidation sites excluding steroid dienone is 2. The van der Waals surface area contributed by atoms with Crippen LogP contribution < -0.4 is 15.9 Å². The van der Waals surface area contributed by atoms with E-state index in [4.69, 9.17) is 0 Å². The molecule has 0 N–H and O–H groups in total. The van der Waals surface area contributed by atoms with Crippen LogP contribution in [0.5, 0.6) is 0 Å². The number of hydrogen-bond donors (Lipinski definition) is 0. The molecule has 3 aromatic carbocycles. The van der Waals surface area contributed by atoms with Crippen molar-refractivity contribution in [3.8, 4) is 0 Å². The van der Waals surface area contributed by atoms with Gasteiger partial charge in [0, 0.05) is 22.1 Å². The van der Waals surface area contributed by atoms with Crippen LogP contribution in [0, 0.1) is 0 Å². The maximum Gasteiger partial charge on any atom is 0.175 e. The van der Waals surface area contributed by atoms with Crippen LogP contribution in [0.3, 0.4) is 0 Å². The highest BCUT2D eigenvalue weighted by Gasteiger charge is 2.48. The molecule has 4 rings (SSSR count). The summed E-state index contributed by atoms with van der Waals surface area (Å²) >= 11 is 0. The van der Waals surface area contributed by atoms with Crippen LogP contribution in [-0.4, -0.2) is 6.16 Å². The summed E-state index contributed by atoms with van der Waals surface area (Å²) in [5.74, 6) is 0. The highest BCUT2D eigenvalue weighted by atomic mass is 31.2. The Balaban J connectivity index is 2.07. The molecule has 0 aromatic heterocycles. The summed E-state index contributed by atoms with van der Waals surface area (Å²) in [6.07, 6.45) is 0.349. The summed E-state index contributed by atoms with van der Waals surface area (Å²) in [7, 11) is -6.38. The lowest BCUT2D eigenvalue weighted by atomic mass is 10.2. The second-order valence-electron chi connectivity index (χ2n) is 7.07. The minimum Gasteiger partial charge on any atom is -0.313 e.